The predicted octanol–water partition coefficient (Wildman–Crippen LogP) is 2.31. The topological polar surface area (TPSA) is 67.8 Å². The first-order chi connectivity index (χ1) is 9.59. The maximum absolute atomic E-state index is 11.3. The maximum atomic E-state index is 11.3. The second-order valence-corrected chi connectivity index (χ2v) is 4.59. The Kier molecular flexibility index (Phi) is 6.31. The number of nitrogens with one attached hydrogen (secondary N) is 1. The Balaban J connectivity index is 2.50. The van der Waals surface area contributed by atoms with Crippen molar-refractivity contribution in [1.82, 2.24) is 5.32 Å². The number of hydrogen-bond acceptors (Lipinski definition) is 4. The van der Waals surface area contributed by atoms with Crippen molar-refractivity contribution in [3.8, 4) is 11.5 Å². The highest BCUT2D eigenvalue weighted by Crippen LogP contribution is 2.26. The van der Waals surface area contributed by atoms with Crippen molar-refractivity contribution in [3.05, 3.63) is 24.3 Å². The molecular formula is C15H23NO4. The molecule has 0 amide bonds. The van der Waals surface area contributed by atoms with Gasteiger partial charge in [0.2, 0.25) is 0 Å². The van der Waals surface area contributed by atoms with E-state index in [-0.39, 0.29) is 0 Å². The van der Waals surface area contributed by atoms with Crippen LogP contribution in [0, 0.1) is 0 Å². The first kappa shape index (κ1) is 16.3. The number of carboxylic acid groups (broad SMARTS) is 1. The van der Waals surface area contributed by atoms with E-state index >= 15 is 0 Å². The zero-order valence-electron chi connectivity index (χ0n) is 12.3. The third kappa shape index (κ3) is 3.87. The largest absolute Gasteiger partial charge is 0.493 e. The second kappa shape index (κ2) is 7.75. The van der Waals surface area contributed by atoms with Crippen LogP contribution in [0.1, 0.15) is 26.2 Å². The average molecular weight is 281 g/mol. The zero-order valence-corrected chi connectivity index (χ0v) is 12.3. The smallest absolute Gasteiger partial charge is 0.323 e. The fourth-order valence-corrected chi connectivity index (χ4v) is 2.14. The minimum atomic E-state index is -0.871. The van der Waals surface area contributed by atoms with Crippen LogP contribution >= 0.6 is 0 Å². The molecule has 1 unspecified atom stereocenters. The Labute approximate surface area is 119 Å². The number of carbonyl (C=O) groups is 1. The van der Waals surface area contributed by atoms with Gasteiger partial charge in [0, 0.05) is 0 Å². The molecule has 2 N–H and O–H groups in total. The van der Waals surface area contributed by atoms with Crippen molar-refractivity contribution in [2.45, 2.75) is 31.7 Å². The number of likely N-dealkylation sites (N-methyl/N-ethyl adjacent to an activating group) is 1. The van der Waals surface area contributed by atoms with Crippen molar-refractivity contribution in [2.24, 2.45) is 0 Å². The first-order valence-electron chi connectivity index (χ1n) is 6.77. The molecule has 1 aromatic rings. The van der Waals surface area contributed by atoms with E-state index in [1.165, 1.54) is 0 Å². The van der Waals surface area contributed by atoms with E-state index in [2.05, 4.69) is 5.32 Å². The Morgan fingerprint density at radius 3 is 2.50 bits per heavy atom. The third-order valence-corrected chi connectivity index (χ3v) is 3.57. The monoisotopic (exact) mass is 281 g/mol. The Morgan fingerprint density at radius 2 is 2.00 bits per heavy atom. The quantitative estimate of drug-likeness (QED) is 0.680. The summed E-state index contributed by atoms with van der Waals surface area (Å²) in [7, 11) is 3.27. The number of benzene rings is 1. The van der Waals surface area contributed by atoms with Crippen LogP contribution < -0.4 is 14.8 Å². The fraction of sp³-hybridized carbons (Fsp3) is 0.533. The fourth-order valence-electron chi connectivity index (χ4n) is 2.14. The van der Waals surface area contributed by atoms with Crippen LogP contribution in [0.25, 0.3) is 0 Å². The van der Waals surface area contributed by atoms with Gasteiger partial charge in [-0.15, -0.1) is 0 Å². The average Bonchev–Trinajstić information content (AvgIpc) is 2.48. The minimum Gasteiger partial charge on any atom is -0.493 e. The van der Waals surface area contributed by atoms with E-state index in [4.69, 9.17) is 9.47 Å². The van der Waals surface area contributed by atoms with Crippen molar-refractivity contribution in [1.29, 1.82) is 0 Å². The summed E-state index contributed by atoms with van der Waals surface area (Å²) in [5, 5.41) is 12.2. The lowest BCUT2D eigenvalue weighted by Gasteiger charge is -2.27. The molecule has 20 heavy (non-hydrogen) atoms. The predicted molar refractivity (Wildman–Crippen MR) is 77.4 cm³/mol. The Morgan fingerprint density at radius 1 is 1.35 bits per heavy atom. The summed E-state index contributed by atoms with van der Waals surface area (Å²) in [6.45, 7) is 2.32. The number of ether oxygens (including phenoxy) is 2. The van der Waals surface area contributed by atoms with Crippen LogP contribution in [0.5, 0.6) is 11.5 Å². The van der Waals surface area contributed by atoms with Gasteiger partial charge >= 0.3 is 5.97 Å². The second-order valence-electron chi connectivity index (χ2n) is 4.59. The van der Waals surface area contributed by atoms with Gasteiger partial charge in [-0.25, -0.2) is 0 Å². The summed E-state index contributed by atoms with van der Waals surface area (Å²) in [5.41, 5.74) is -0.871. The maximum Gasteiger partial charge on any atom is 0.323 e. The zero-order chi connectivity index (χ0) is 15.0. The normalized spacial score (nSPS) is 13.6. The van der Waals surface area contributed by atoms with Gasteiger partial charge in [-0.1, -0.05) is 19.1 Å². The van der Waals surface area contributed by atoms with Gasteiger partial charge in [0.25, 0.3) is 0 Å². The van der Waals surface area contributed by atoms with Gasteiger partial charge in [-0.2, -0.15) is 0 Å². The van der Waals surface area contributed by atoms with Gasteiger partial charge in [-0.05, 0) is 38.4 Å². The number of methoxy groups -OCH3 is 1. The van der Waals surface area contributed by atoms with Crippen LogP contribution in [0.4, 0.5) is 0 Å². The molecule has 0 saturated heterocycles. The SMILES string of the molecule is CCC(CCCOc1ccccc1OC)(NC)C(=O)O. The van der Waals surface area contributed by atoms with Gasteiger partial charge in [-0.3, -0.25) is 4.79 Å². The summed E-state index contributed by atoms with van der Waals surface area (Å²) >= 11 is 0. The summed E-state index contributed by atoms with van der Waals surface area (Å²) in [6, 6.07) is 7.41. The molecule has 0 saturated carbocycles. The molecule has 1 aromatic carbocycles. The van der Waals surface area contributed by atoms with Crippen LogP contribution in [0.15, 0.2) is 24.3 Å². The van der Waals surface area contributed by atoms with E-state index in [1.807, 2.05) is 31.2 Å². The first-order valence-corrected chi connectivity index (χ1v) is 6.77. The molecular weight excluding hydrogens is 258 g/mol. The summed E-state index contributed by atoms with van der Waals surface area (Å²) < 4.78 is 10.8. The molecule has 5 nitrogen and oxygen atoms in total. The van der Waals surface area contributed by atoms with Crippen molar-refractivity contribution >= 4 is 5.97 Å². The Hall–Kier alpha value is -1.75. The number of carboxylic acids is 1. The molecule has 0 aromatic heterocycles. The van der Waals surface area contributed by atoms with Crippen molar-refractivity contribution in [2.75, 3.05) is 20.8 Å². The highest BCUT2D eigenvalue weighted by atomic mass is 16.5. The van der Waals surface area contributed by atoms with Crippen molar-refractivity contribution < 1.29 is 19.4 Å². The Bertz CT molecular complexity index is 430. The minimum absolute atomic E-state index is 0.455. The summed E-state index contributed by atoms with van der Waals surface area (Å²) in [4.78, 5) is 11.3. The van der Waals surface area contributed by atoms with Gasteiger partial charge in [0.1, 0.15) is 5.54 Å². The molecule has 1 rings (SSSR count). The lowest BCUT2D eigenvalue weighted by molar-refractivity contribution is -0.145. The summed E-state index contributed by atoms with van der Waals surface area (Å²) in [6.07, 6.45) is 1.71. The molecule has 0 heterocycles. The number of aliphatic carboxylic acids is 1. The molecule has 112 valence electrons. The highest BCUT2D eigenvalue weighted by molar-refractivity contribution is 5.78. The molecule has 0 bridgehead atoms. The van der Waals surface area contributed by atoms with Gasteiger partial charge in [0.15, 0.2) is 11.5 Å². The lowest BCUT2D eigenvalue weighted by Crippen LogP contribution is -2.50. The molecule has 0 radical (unpaired) electrons. The number of hydrogen-bond donors (Lipinski definition) is 2. The van der Waals surface area contributed by atoms with Gasteiger partial charge < -0.3 is 19.9 Å². The van der Waals surface area contributed by atoms with Crippen molar-refractivity contribution in [3.63, 3.8) is 0 Å². The van der Waals surface area contributed by atoms with E-state index < -0.39 is 11.5 Å². The van der Waals surface area contributed by atoms with Gasteiger partial charge in [0.05, 0.1) is 13.7 Å². The van der Waals surface area contributed by atoms with E-state index in [9.17, 15) is 9.90 Å². The molecule has 0 aliphatic rings. The molecule has 0 aliphatic carbocycles. The molecule has 5 heteroatoms. The summed E-state index contributed by atoms with van der Waals surface area (Å²) in [5.74, 6) is 0.540. The van der Waals surface area contributed by atoms with E-state index in [0.29, 0.717) is 37.4 Å². The number of para-hydroxylation sites is 2. The lowest BCUT2D eigenvalue weighted by atomic mass is 9.91. The van der Waals surface area contributed by atoms with Crippen LogP contribution in [0.3, 0.4) is 0 Å². The third-order valence-electron chi connectivity index (χ3n) is 3.57. The molecule has 0 fully saturated rings. The molecule has 0 spiro atoms. The van der Waals surface area contributed by atoms with E-state index in [0.717, 1.165) is 0 Å². The standard InChI is InChI=1S/C15H23NO4/c1-4-15(16-2,14(17)18)10-7-11-20-13-9-6-5-8-12(13)19-3/h5-6,8-9,16H,4,7,10-11H2,1-3H3,(H,17,18). The molecule has 0 aliphatic heterocycles. The molecule has 1 atom stereocenters. The van der Waals surface area contributed by atoms with Crippen LogP contribution in [0.2, 0.25) is 0 Å². The highest BCUT2D eigenvalue weighted by Gasteiger charge is 2.34. The van der Waals surface area contributed by atoms with Crippen LogP contribution in [-0.2, 0) is 4.79 Å². The number of rotatable bonds is 9. The van der Waals surface area contributed by atoms with Crippen LogP contribution in [-0.4, -0.2) is 37.4 Å². The van der Waals surface area contributed by atoms with E-state index in [1.54, 1.807) is 14.2 Å².